The van der Waals surface area contributed by atoms with E-state index in [9.17, 15) is 13.2 Å². The highest BCUT2D eigenvalue weighted by atomic mass is 35.5. The van der Waals surface area contributed by atoms with E-state index >= 15 is 0 Å². The van der Waals surface area contributed by atoms with Crippen molar-refractivity contribution >= 4 is 22.9 Å². The Kier molecular flexibility index (Phi) is 5.49. The van der Waals surface area contributed by atoms with Gasteiger partial charge in [0.2, 0.25) is 0 Å². The molecule has 5 rings (SSSR count). The number of aromatic nitrogens is 4. The maximum atomic E-state index is 14.0. The standard InChI is InChI=1S/C22H23ClF3N5O/c23-19-17(5-9-31-18(12-15-3-4-15)28-29-20(19)31)30-10-6-21(7-11-30,22(24,25)26)32-14-16-2-1-8-27-13-16/h1-2,5,8-9,13,15H,3-4,6-7,10-12,14H2. The first-order chi connectivity index (χ1) is 15.4. The van der Waals surface area contributed by atoms with Gasteiger partial charge in [-0.1, -0.05) is 17.7 Å². The molecule has 1 saturated heterocycles. The van der Waals surface area contributed by atoms with Gasteiger partial charge in [-0.2, -0.15) is 13.2 Å². The number of anilines is 1. The van der Waals surface area contributed by atoms with Gasteiger partial charge in [0.05, 0.1) is 12.3 Å². The summed E-state index contributed by atoms with van der Waals surface area (Å²) in [5.41, 5.74) is -0.365. The lowest BCUT2D eigenvalue weighted by molar-refractivity contribution is -0.288. The SMILES string of the molecule is FC(F)(F)C1(OCc2cccnc2)CCN(c2ccn3c(CC4CC4)nnc3c2Cl)CC1. The number of pyridine rings is 2. The van der Waals surface area contributed by atoms with Gasteiger partial charge in [-0.25, -0.2) is 0 Å². The number of halogens is 4. The highest BCUT2D eigenvalue weighted by Crippen LogP contribution is 2.44. The first-order valence-corrected chi connectivity index (χ1v) is 11.1. The third kappa shape index (κ3) is 4.03. The first-order valence-electron chi connectivity index (χ1n) is 10.7. The van der Waals surface area contributed by atoms with Gasteiger partial charge in [-0.05, 0) is 36.5 Å². The fraction of sp³-hybridized carbons (Fsp3) is 0.500. The summed E-state index contributed by atoms with van der Waals surface area (Å²) in [5, 5.41) is 8.91. The molecule has 0 atom stereocenters. The summed E-state index contributed by atoms with van der Waals surface area (Å²) in [4.78, 5) is 5.81. The smallest absolute Gasteiger partial charge is 0.370 e. The molecule has 0 N–H and O–H groups in total. The number of hydrogen-bond donors (Lipinski definition) is 0. The molecule has 2 aliphatic rings. The normalized spacial score (nSPS) is 18.9. The van der Waals surface area contributed by atoms with E-state index in [1.165, 1.54) is 19.0 Å². The molecule has 170 valence electrons. The molecule has 2 fully saturated rings. The zero-order valence-corrected chi connectivity index (χ0v) is 18.1. The number of nitrogens with zero attached hydrogens (tertiary/aromatic N) is 5. The lowest BCUT2D eigenvalue weighted by Gasteiger charge is -2.43. The third-order valence-electron chi connectivity index (χ3n) is 6.40. The predicted molar refractivity (Wildman–Crippen MR) is 114 cm³/mol. The van der Waals surface area contributed by atoms with E-state index in [0.29, 0.717) is 27.8 Å². The van der Waals surface area contributed by atoms with E-state index in [2.05, 4.69) is 15.2 Å². The molecule has 0 radical (unpaired) electrons. The molecule has 3 aromatic heterocycles. The van der Waals surface area contributed by atoms with Crippen LogP contribution in [0.25, 0.3) is 5.65 Å². The minimum absolute atomic E-state index is 0.135. The highest BCUT2D eigenvalue weighted by Gasteiger charge is 2.57. The number of piperidine rings is 1. The van der Waals surface area contributed by atoms with Gasteiger partial charge in [0, 0.05) is 50.9 Å². The van der Waals surface area contributed by atoms with Crippen molar-refractivity contribution in [3.8, 4) is 0 Å². The van der Waals surface area contributed by atoms with Crippen LogP contribution in [0.2, 0.25) is 5.02 Å². The van der Waals surface area contributed by atoms with Crippen LogP contribution in [0, 0.1) is 5.92 Å². The Balaban J connectivity index is 1.33. The predicted octanol–water partition coefficient (Wildman–Crippen LogP) is 4.85. The van der Waals surface area contributed by atoms with Crippen LogP contribution < -0.4 is 4.90 Å². The van der Waals surface area contributed by atoms with Crippen molar-refractivity contribution < 1.29 is 17.9 Å². The molecule has 0 spiro atoms. The average Bonchev–Trinajstić information content (AvgIpc) is 3.51. The minimum Gasteiger partial charge on any atom is -0.370 e. The minimum atomic E-state index is -4.47. The van der Waals surface area contributed by atoms with E-state index < -0.39 is 11.8 Å². The summed E-state index contributed by atoms with van der Waals surface area (Å²) in [7, 11) is 0. The average molecular weight is 466 g/mol. The molecule has 6 nitrogen and oxygen atoms in total. The molecule has 1 saturated carbocycles. The van der Waals surface area contributed by atoms with Crippen LogP contribution in [0.3, 0.4) is 0 Å². The van der Waals surface area contributed by atoms with E-state index in [1.54, 1.807) is 18.3 Å². The van der Waals surface area contributed by atoms with E-state index in [-0.39, 0.29) is 32.5 Å². The monoisotopic (exact) mass is 465 g/mol. The topological polar surface area (TPSA) is 55.5 Å². The molecular weight excluding hydrogens is 443 g/mol. The van der Waals surface area contributed by atoms with Crippen LogP contribution in [0.4, 0.5) is 18.9 Å². The molecule has 4 heterocycles. The van der Waals surface area contributed by atoms with Gasteiger partial charge in [0.1, 0.15) is 10.8 Å². The molecule has 0 amide bonds. The Bertz CT molecular complexity index is 1090. The van der Waals surface area contributed by atoms with Crippen molar-refractivity contribution in [2.45, 2.75) is 50.5 Å². The number of fused-ring (bicyclic) bond motifs is 1. The summed E-state index contributed by atoms with van der Waals surface area (Å²) in [5.74, 6) is 1.53. The number of ether oxygens (including phenoxy) is 1. The fourth-order valence-corrected chi connectivity index (χ4v) is 4.56. The van der Waals surface area contributed by atoms with Crippen molar-refractivity contribution in [1.82, 2.24) is 19.6 Å². The molecule has 10 heteroatoms. The van der Waals surface area contributed by atoms with Crippen LogP contribution in [-0.4, -0.2) is 44.4 Å². The van der Waals surface area contributed by atoms with Gasteiger partial charge in [-0.3, -0.25) is 9.38 Å². The molecule has 0 unspecified atom stereocenters. The first kappa shape index (κ1) is 21.5. The van der Waals surface area contributed by atoms with Crippen LogP contribution in [0.1, 0.15) is 37.1 Å². The van der Waals surface area contributed by atoms with Gasteiger partial charge >= 0.3 is 6.18 Å². The summed E-state index contributed by atoms with van der Waals surface area (Å²) >= 11 is 6.62. The molecule has 32 heavy (non-hydrogen) atoms. The zero-order chi connectivity index (χ0) is 22.3. The maximum Gasteiger partial charge on any atom is 0.417 e. The Morgan fingerprint density at radius 3 is 2.59 bits per heavy atom. The Hall–Kier alpha value is -2.39. The zero-order valence-electron chi connectivity index (χ0n) is 17.4. The fourth-order valence-electron chi connectivity index (χ4n) is 4.25. The van der Waals surface area contributed by atoms with Crippen molar-refractivity contribution in [1.29, 1.82) is 0 Å². The summed E-state index contributed by atoms with van der Waals surface area (Å²) < 4.78 is 49.4. The molecule has 1 aliphatic carbocycles. The lowest BCUT2D eigenvalue weighted by Crippen LogP contribution is -2.55. The van der Waals surface area contributed by atoms with Crippen LogP contribution >= 0.6 is 11.6 Å². The summed E-state index contributed by atoms with van der Waals surface area (Å²) in [6.45, 7) is 0.209. The van der Waals surface area contributed by atoms with Gasteiger partial charge in [0.25, 0.3) is 0 Å². The Morgan fingerprint density at radius 2 is 1.94 bits per heavy atom. The van der Waals surface area contributed by atoms with Crippen LogP contribution in [0.15, 0.2) is 36.8 Å². The number of alkyl halides is 3. The molecule has 0 bridgehead atoms. The van der Waals surface area contributed by atoms with Crippen LogP contribution in [-0.2, 0) is 17.8 Å². The summed E-state index contributed by atoms with van der Waals surface area (Å²) in [6, 6.07) is 5.23. The van der Waals surface area contributed by atoms with E-state index in [0.717, 1.165) is 12.2 Å². The second kappa shape index (κ2) is 8.19. The maximum absolute atomic E-state index is 14.0. The lowest BCUT2D eigenvalue weighted by atomic mass is 9.90. The molecule has 1 aliphatic heterocycles. The van der Waals surface area contributed by atoms with Crippen molar-refractivity contribution in [2.24, 2.45) is 5.92 Å². The van der Waals surface area contributed by atoms with E-state index in [4.69, 9.17) is 16.3 Å². The number of hydrogen-bond acceptors (Lipinski definition) is 5. The quantitative estimate of drug-likeness (QED) is 0.521. The molecular formula is C22H23ClF3N5O. The Morgan fingerprint density at radius 1 is 1.16 bits per heavy atom. The third-order valence-corrected chi connectivity index (χ3v) is 6.77. The van der Waals surface area contributed by atoms with Crippen molar-refractivity contribution in [2.75, 3.05) is 18.0 Å². The summed E-state index contributed by atoms with van der Waals surface area (Å²) in [6.07, 6.45) is 3.39. The molecule has 3 aromatic rings. The van der Waals surface area contributed by atoms with Gasteiger partial charge in [-0.15, -0.1) is 10.2 Å². The second-order valence-corrected chi connectivity index (χ2v) is 8.98. The second-order valence-electron chi connectivity index (χ2n) is 8.60. The highest BCUT2D eigenvalue weighted by molar-refractivity contribution is 6.36. The largest absolute Gasteiger partial charge is 0.417 e. The van der Waals surface area contributed by atoms with Crippen LogP contribution in [0.5, 0.6) is 0 Å². The Labute approximate surface area is 188 Å². The van der Waals surface area contributed by atoms with Crippen molar-refractivity contribution in [3.63, 3.8) is 0 Å². The molecule has 0 aromatic carbocycles. The van der Waals surface area contributed by atoms with Gasteiger partial charge < -0.3 is 9.64 Å². The van der Waals surface area contributed by atoms with E-state index in [1.807, 2.05) is 21.6 Å². The number of rotatable bonds is 6. The van der Waals surface area contributed by atoms with Gasteiger partial charge in [0.15, 0.2) is 11.2 Å². The van der Waals surface area contributed by atoms with Crippen molar-refractivity contribution in [3.05, 3.63) is 53.2 Å².